The zero-order chi connectivity index (χ0) is 19.6. The number of anilines is 1. The summed E-state index contributed by atoms with van der Waals surface area (Å²) in [7, 11) is 1.73. The van der Waals surface area contributed by atoms with Crippen LogP contribution in [0, 0.1) is 5.82 Å². The molecule has 0 radical (unpaired) electrons. The number of nitrogens with zero attached hydrogens (tertiary/aromatic N) is 2. The lowest BCUT2D eigenvalue weighted by Crippen LogP contribution is -2.58. The first kappa shape index (κ1) is 19.4. The number of carbonyl (C=O) groups excluding carboxylic acids is 1. The van der Waals surface area contributed by atoms with Crippen LogP contribution in [0.15, 0.2) is 29.6 Å². The molecular formula is C20H24FN3O3S. The van der Waals surface area contributed by atoms with E-state index in [1.165, 1.54) is 23.5 Å². The molecule has 0 aliphatic carbocycles. The first-order valence-electron chi connectivity index (χ1n) is 9.48. The van der Waals surface area contributed by atoms with Gasteiger partial charge in [0.2, 0.25) is 5.91 Å². The summed E-state index contributed by atoms with van der Waals surface area (Å²) in [6.45, 7) is 2.56. The minimum atomic E-state index is -0.287. The number of methoxy groups -OCH3 is 1. The fourth-order valence-electron chi connectivity index (χ4n) is 4.13. The lowest BCUT2D eigenvalue weighted by molar-refractivity contribution is -0.146. The Morgan fingerprint density at radius 2 is 2.29 bits per heavy atom. The minimum Gasteiger partial charge on any atom is -0.378 e. The van der Waals surface area contributed by atoms with Crippen LogP contribution in [0.3, 0.4) is 0 Å². The van der Waals surface area contributed by atoms with Crippen molar-refractivity contribution in [2.75, 3.05) is 38.7 Å². The van der Waals surface area contributed by atoms with Crippen LogP contribution < -0.4 is 5.32 Å². The van der Waals surface area contributed by atoms with Gasteiger partial charge >= 0.3 is 0 Å². The van der Waals surface area contributed by atoms with E-state index < -0.39 is 0 Å². The van der Waals surface area contributed by atoms with Crippen molar-refractivity contribution in [1.82, 2.24) is 9.88 Å². The predicted molar refractivity (Wildman–Crippen MR) is 106 cm³/mol. The third-order valence-corrected chi connectivity index (χ3v) is 6.22. The standard InChI is InChI=1S/C20H24FN3O3S/c1-26-17-7-9-24(13-20(17)8-2-10-27-20)11-18(25)23-19-22-16(12-28-19)14-3-5-15(21)6-4-14/h3-6,12,17H,2,7-11,13H2,1H3,(H,22,23,25)/t17-,20-/m1/s1. The van der Waals surface area contributed by atoms with Gasteiger partial charge in [-0.25, -0.2) is 9.37 Å². The number of aromatic nitrogens is 1. The van der Waals surface area contributed by atoms with Crippen molar-refractivity contribution in [3.8, 4) is 11.3 Å². The van der Waals surface area contributed by atoms with Crippen LogP contribution in [0.4, 0.5) is 9.52 Å². The number of piperidine rings is 1. The number of rotatable bonds is 5. The minimum absolute atomic E-state index is 0.0894. The lowest BCUT2D eigenvalue weighted by atomic mass is 9.87. The van der Waals surface area contributed by atoms with E-state index in [1.54, 1.807) is 19.2 Å². The molecule has 1 N–H and O–H groups in total. The third kappa shape index (κ3) is 4.10. The fraction of sp³-hybridized carbons (Fsp3) is 0.500. The van der Waals surface area contributed by atoms with Crippen molar-refractivity contribution < 1.29 is 18.7 Å². The molecule has 1 aromatic heterocycles. The van der Waals surface area contributed by atoms with Crippen molar-refractivity contribution in [2.45, 2.75) is 31.0 Å². The van der Waals surface area contributed by atoms with Gasteiger partial charge in [0.1, 0.15) is 11.4 Å². The van der Waals surface area contributed by atoms with Crippen LogP contribution in [0.1, 0.15) is 19.3 Å². The fourth-order valence-corrected chi connectivity index (χ4v) is 4.87. The maximum Gasteiger partial charge on any atom is 0.240 e. The molecule has 2 fully saturated rings. The van der Waals surface area contributed by atoms with Crippen molar-refractivity contribution in [1.29, 1.82) is 0 Å². The number of likely N-dealkylation sites (tertiary alicyclic amines) is 1. The Bertz CT molecular complexity index is 820. The number of ether oxygens (including phenoxy) is 2. The summed E-state index contributed by atoms with van der Waals surface area (Å²) in [6.07, 6.45) is 2.95. The number of benzene rings is 1. The average Bonchev–Trinajstić information content (AvgIpc) is 3.33. The van der Waals surface area contributed by atoms with Gasteiger partial charge in [-0.05, 0) is 43.5 Å². The van der Waals surface area contributed by atoms with Crippen LogP contribution in [0.25, 0.3) is 11.3 Å². The quantitative estimate of drug-likeness (QED) is 0.828. The zero-order valence-corrected chi connectivity index (χ0v) is 16.6. The van der Waals surface area contributed by atoms with Gasteiger partial charge in [-0.15, -0.1) is 11.3 Å². The topological polar surface area (TPSA) is 63.7 Å². The Kier molecular flexibility index (Phi) is 5.73. The molecule has 2 aromatic rings. The second-order valence-corrected chi connectivity index (χ2v) is 8.19. The van der Waals surface area contributed by atoms with Crippen molar-refractivity contribution in [2.24, 2.45) is 0 Å². The number of nitrogens with one attached hydrogen (secondary N) is 1. The second kappa shape index (κ2) is 8.24. The molecule has 2 aliphatic rings. The molecule has 0 saturated carbocycles. The molecule has 0 bridgehead atoms. The Morgan fingerprint density at radius 1 is 1.46 bits per heavy atom. The van der Waals surface area contributed by atoms with E-state index in [9.17, 15) is 9.18 Å². The monoisotopic (exact) mass is 405 g/mol. The molecule has 6 nitrogen and oxygen atoms in total. The summed E-state index contributed by atoms with van der Waals surface area (Å²) < 4.78 is 24.7. The Morgan fingerprint density at radius 3 is 3.00 bits per heavy atom. The Hall–Kier alpha value is -1.87. The Labute approximate surface area is 167 Å². The summed E-state index contributed by atoms with van der Waals surface area (Å²) in [5.74, 6) is -0.377. The van der Waals surface area contributed by atoms with Crippen LogP contribution in [0.2, 0.25) is 0 Å². The largest absolute Gasteiger partial charge is 0.378 e. The number of hydrogen-bond acceptors (Lipinski definition) is 6. The predicted octanol–water partition coefficient (Wildman–Crippen LogP) is 3.16. The van der Waals surface area contributed by atoms with E-state index in [0.717, 1.165) is 43.7 Å². The molecule has 4 rings (SSSR count). The van der Waals surface area contributed by atoms with E-state index in [4.69, 9.17) is 9.47 Å². The van der Waals surface area contributed by atoms with Gasteiger partial charge in [-0.1, -0.05) is 0 Å². The smallest absolute Gasteiger partial charge is 0.240 e. The van der Waals surface area contributed by atoms with Crippen LogP contribution in [0.5, 0.6) is 0 Å². The molecule has 28 heavy (non-hydrogen) atoms. The van der Waals surface area contributed by atoms with Gasteiger partial charge in [0.25, 0.3) is 0 Å². The van der Waals surface area contributed by atoms with Crippen molar-refractivity contribution in [3.05, 3.63) is 35.5 Å². The van der Waals surface area contributed by atoms with Gasteiger partial charge in [0, 0.05) is 37.7 Å². The summed E-state index contributed by atoms with van der Waals surface area (Å²) in [6, 6.07) is 6.16. The molecule has 1 aromatic carbocycles. The van der Waals surface area contributed by atoms with E-state index >= 15 is 0 Å². The van der Waals surface area contributed by atoms with Crippen LogP contribution in [-0.4, -0.2) is 60.8 Å². The molecule has 8 heteroatoms. The molecule has 0 unspecified atom stereocenters. The second-order valence-electron chi connectivity index (χ2n) is 7.33. The molecule has 2 aliphatic heterocycles. The molecule has 1 amide bonds. The third-order valence-electron chi connectivity index (χ3n) is 5.46. The van der Waals surface area contributed by atoms with Crippen molar-refractivity contribution in [3.63, 3.8) is 0 Å². The van der Waals surface area contributed by atoms with E-state index in [0.29, 0.717) is 18.2 Å². The first-order chi connectivity index (χ1) is 13.6. The number of halogens is 1. The average molecular weight is 405 g/mol. The normalized spacial score (nSPS) is 25.3. The number of carbonyl (C=O) groups is 1. The van der Waals surface area contributed by atoms with Gasteiger partial charge in [-0.2, -0.15) is 0 Å². The number of amides is 1. The number of thiazole rings is 1. The highest BCUT2D eigenvalue weighted by Crippen LogP contribution is 2.36. The SMILES string of the molecule is CO[C@@H]1CCN(CC(=O)Nc2nc(-c3ccc(F)cc3)cs2)C[C@]12CCCO2. The maximum atomic E-state index is 13.1. The lowest BCUT2D eigenvalue weighted by Gasteiger charge is -2.44. The van der Waals surface area contributed by atoms with Gasteiger partial charge in [0.05, 0.1) is 18.3 Å². The summed E-state index contributed by atoms with van der Waals surface area (Å²) >= 11 is 1.36. The van der Waals surface area contributed by atoms with Gasteiger partial charge < -0.3 is 14.8 Å². The maximum absolute atomic E-state index is 13.1. The molecule has 3 heterocycles. The molecule has 150 valence electrons. The molecular weight excluding hydrogens is 381 g/mol. The van der Waals surface area contributed by atoms with Gasteiger partial charge in [0.15, 0.2) is 5.13 Å². The molecule has 1 spiro atoms. The first-order valence-corrected chi connectivity index (χ1v) is 10.4. The van der Waals surface area contributed by atoms with E-state index in [1.807, 2.05) is 5.38 Å². The Balaban J connectivity index is 1.35. The molecule has 2 atom stereocenters. The summed E-state index contributed by atoms with van der Waals surface area (Å²) in [5.41, 5.74) is 1.25. The van der Waals surface area contributed by atoms with E-state index in [2.05, 4.69) is 15.2 Å². The summed E-state index contributed by atoms with van der Waals surface area (Å²) in [5, 5.41) is 5.28. The van der Waals surface area contributed by atoms with Gasteiger partial charge in [-0.3, -0.25) is 9.69 Å². The number of hydrogen-bond donors (Lipinski definition) is 1. The van der Waals surface area contributed by atoms with Crippen LogP contribution >= 0.6 is 11.3 Å². The van der Waals surface area contributed by atoms with E-state index in [-0.39, 0.29) is 23.4 Å². The highest BCUT2D eigenvalue weighted by atomic mass is 32.1. The van der Waals surface area contributed by atoms with Crippen molar-refractivity contribution >= 4 is 22.4 Å². The highest BCUT2D eigenvalue weighted by Gasteiger charge is 2.47. The summed E-state index contributed by atoms with van der Waals surface area (Å²) in [4.78, 5) is 19.1. The zero-order valence-electron chi connectivity index (χ0n) is 15.8. The van der Waals surface area contributed by atoms with Crippen LogP contribution in [-0.2, 0) is 14.3 Å². The molecule has 2 saturated heterocycles. The highest BCUT2D eigenvalue weighted by molar-refractivity contribution is 7.14.